The quantitative estimate of drug-likeness (QED) is 0.838. The maximum Gasteiger partial charge on any atom is 0.107 e. The van der Waals surface area contributed by atoms with Gasteiger partial charge in [0.15, 0.2) is 0 Å². The molecule has 0 aliphatic heterocycles. The molecule has 1 atom stereocenters. The van der Waals surface area contributed by atoms with Gasteiger partial charge in [-0.3, -0.25) is 0 Å². The lowest BCUT2D eigenvalue weighted by atomic mass is 9.95. The zero-order chi connectivity index (χ0) is 10.1. The standard InChI is InChI=1S/C10H13BrO2/c1-10(2,13)9(12)7-3-5-8(11)6-4-7/h3-6,9,12-13H,1-2H3. The third kappa shape index (κ3) is 2.79. The molecule has 2 N–H and O–H groups in total. The molecule has 1 unspecified atom stereocenters. The van der Waals surface area contributed by atoms with Gasteiger partial charge in [-0.05, 0) is 31.5 Å². The summed E-state index contributed by atoms with van der Waals surface area (Å²) in [5, 5.41) is 19.2. The Balaban J connectivity index is 2.90. The largest absolute Gasteiger partial charge is 0.387 e. The van der Waals surface area contributed by atoms with Crippen molar-refractivity contribution in [2.75, 3.05) is 0 Å². The fourth-order valence-electron chi connectivity index (χ4n) is 1.05. The van der Waals surface area contributed by atoms with Crippen molar-refractivity contribution in [2.24, 2.45) is 0 Å². The summed E-state index contributed by atoms with van der Waals surface area (Å²) < 4.78 is 0.958. The van der Waals surface area contributed by atoms with Crippen LogP contribution in [0.1, 0.15) is 25.5 Å². The number of aliphatic hydroxyl groups excluding tert-OH is 1. The third-order valence-corrected chi connectivity index (χ3v) is 2.38. The van der Waals surface area contributed by atoms with Crippen molar-refractivity contribution in [3.63, 3.8) is 0 Å². The SMILES string of the molecule is CC(C)(O)C(O)c1ccc(Br)cc1. The van der Waals surface area contributed by atoms with E-state index in [2.05, 4.69) is 15.9 Å². The Morgan fingerprint density at radius 3 is 2.08 bits per heavy atom. The van der Waals surface area contributed by atoms with Crippen LogP contribution in [-0.4, -0.2) is 15.8 Å². The number of halogens is 1. The highest BCUT2D eigenvalue weighted by Crippen LogP contribution is 2.25. The molecule has 0 aromatic heterocycles. The summed E-state index contributed by atoms with van der Waals surface area (Å²) in [5.41, 5.74) is -0.385. The minimum atomic E-state index is -1.10. The molecule has 0 spiro atoms. The van der Waals surface area contributed by atoms with Gasteiger partial charge >= 0.3 is 0 Å². The molecule has 0 bridgehead atoms. The zero-order valence-corrected chi connectivity index (χ0v) is 9.25. The third-order valence-electron chi connectivity index (χ3n) is 1.85. The van der Waals surface area contributed by atoms with Gasteiger partial charge in [0.2, 0.25) is 0 Å². The summed E-state index contributed by atoms with van der Waals surface area (Å²) in [6.45, 7) is 3.17. The van der Waals surface area contributed by atoms with E-state index in [1.807, 2.05) is 12.1 Å². The van der Waals surface area contributed by atoms with Crippen molar-refractivity contribution in [1.29, 1.82) is 0 Å². The van der Waals surface area contributed by atoms with E-state index in [1.54, 1.807) is 26.0 Å². The van der Waals surface area contributed by atoms with Crippen molar-refractivity contribution in [2.45, 2.75) is 25.6 Å². The molecule has 72 valence electrons. The molecule has 2 nitrogen and oxygen atoms in total. The topological polar surface area (TPSA) is 40.5 Å². The molecule has 1 rings (SSSR count). The van der Waals surface area contributed by atoms with Crippen molar-refractivity contribution in [3.05, 3.63) is 34.3 Å². The Kier molecular flexibility index (Phi) is 3.11. The van der Waals surface area contributed by atoms with Crippen LogP contribution in [0, 0.1) is 0 Å². The number of hydrogen-bond donors (Lipinski definition) is 2. The number of aliphatic hydroxyl groups is 2. The fourth-order valence-corrected chi connectivity index (χ4v) is 1.32. The molecule has 0 aliphatic rings. The number of rotatable bonds is 2. The van der Waals surface area contributed by atoms with Crippen LogP contribution in [0.15, 0.2) is 28.7 Å². The molecule has 0 radical (unpaired) electrons. The van der Waals surface area contributed by atoms with Crippen LogP contribution in [0.5, 0.6) is 0 Å². The highest BCUT2D eigenvalue weighted by Gasteiger charge is 2.25. The Morgan fingerprint density at radius 2 is 1.69 bits per heavy atom. The van der Waals surface area contributed by atoms with E-state index < -0.39 is 11.7 Å². The van der Waals surface area contributed by atoms with E-state index in [4.69, 9.17) is 0 Å². The first-order valence-corrected chi connectivity index (χ1v) is 4.86. The average Bonchev–Trinajstić information content (AvgIpc) is 2.03. The van der Waals surface area contributed by atoms with Crippen molar-refractivity contribution >= 4 is 15.9 Å². The predicted molar refractivity (Wildman–Crippen MR) is 55.4 cm³/mol. The van der Waals surface area contributed by atoms with Crippen LogP contribution in [0.3, 0.4) is 0 Å². The van der Waals surface area contributed by atoms with Crippen LogP contribution < -0.4 is 0 Å². The monoisotopic (exact) mass is 244 g/mol. The Morgan fingerprint density at radius 1 is 1.23 bits per heavy atom. The van der Waals surface area contributed by atoms with Gasteiger partial charge in [-0.15, -0.1) is 0 Å². The number of hydrogen-bond acceptors (Lipinski definition) is 2. The molecule has 0 saturated heterocycles. The molecule has 0 heterocycles. The maximum absolute atomic E-state index is 9.68. The number of benzene rings is 1. The molecule has 0 fully saturated rings. The van der Waals surface area contributed by atoms with E-state index in [0.29, 0.717) is 0 Å². The summed E-state index contributed by atoms with van der Waals surface area (Å²) >= 11 is 3.30. The van der Waals surface area contributed by atoms with Crippen LogP contribution >= 0.6 is 15.9 Å². The van der Waals surface area contributed by atoms with E-state index >= 15 is 0 Å². The molecule has 13 heavy (non-hydrogen) atoms. The zero-order valence-electron chi connectivity index (χ0n) is 7.66. The first kappa shape index (κ1) is 10.7. The van der Waals surface area contributed by atoms with Gasteiger partial charge < -0.3 is 10.2 Å². The van der Waals surface area contributed by atoms with E-state index in [0.717, 1.165) is 10.0 Å². The minimum Gasteiger partial charge on any atom is -0.387 e. The fraction of sp³-hybridized carbons (Fsp3) is 0.400. The van der Waals surface area contributed by atoms with Crippen molar-refractivity contribution in [1.82, 2.24) is 0 Å². The van der Waals surface area contributed by atoms with Gasteiger partial charge in [0.25, 0.3) is 0 Å². The second-order valence-corrected chi connectivity index (χ2v) is 4.52. The molecule has 1 aromatic carbocycles. The highest BCUT2D eigenvalue weighted by atomic mass is 79.9. The van der Waals surface area contributed by atoms with Crippen LogP contribution in [-0.2, 0) is 0 Å². The van der Waals surface area contributed by atoms with Gasteiger partial charge in [-0.2, -0.15) is 0 Å². The Bertz CT molecular complexity index is 274. The summed E-state index contributed by atoms with van der Waals surface area (Å²) in [7, 11) is 0. The second kappa shape index (κ2) is 3.78. The lowest BCUT2D eigenvalue weighted by molar-refractivity contribution is -0.0496. The van der Waals surface area contributed by atoms with E-state index in [9.17, 15) is 10.2 Å². The Labute approximate surface area is 86.3 Å². The summed E-state index contributed by atoms with van der Waals surface area (Å²) in [5.74, 6) is 0. The summed E-state index contributed by atoms with van der Waals surface area (Å²) in [4.78, 5) is 0. The molecule has 0 aliphatic carbocycles. The summed E-state index contributed by atoms with van der Waals surface area (Å²) in [6.07, 6.45) is -0.847. The van der Waals surface area contributed by atoms with Gasteiger partial charge in [-0.25, -0.2) is 0 Å². The van der Waals surface area contributed by atoms with Crippen molar-refractivity contribution < 1.29 is 10.2 Å². The van der Waals surface area contributed by atoms with Crippen LogP contribution in [0.25, 0.3) is 0 Å². The molecule has 3 heteroatoms. The van der Waals surface area contributed by atoms with Gasteiger partial charge in [-0.1, -0.05) is 28.1 Å². The Hall–Kier alpha value is -0.380. The van der Waals surface area contributed by atoms with E-state index in [1.165, 1.54) is 0 Å². The first-order valence-electron chi connectivity index (χ1n) is 4.07. The van der Waals surface area contributed by atoms with Crippen LogP contribution in [0.4, 0.5) is 0 Å². The molecule has 0 saturated carbocycles. The van der Waals surface area contributed by atoms with Crippen molar-refractivity contribution in [3.8, 4) is 0 Å². The highest BCUT2D eigenvalue weighted by molar-refractivity contribution is 9.10. The molecule has 1 aromatic rings. The maximum atomic E-state index is 9.68. The second-order valence-electron chi connectivity index (χ2n) is 3.61. The minimum absolute atomic E-state index is 0.718. The molecular weight excluding hydrogens is 232 g/mol. The first-order chi connectivity index (χ1) is 5.91. The molecule has 0 amide bonds. The molecular formula is C10H13BrO2. The van der Waals surface area contributed by atoms with Gasteiger partial charge in [0.1, 0.15) is 6.10 Å². The normalized spacial score (nSPS) is 14.2. The van der Waals surface area contributed by atoms with Gasteiger partial charge in [0, 0.05) is 4.47 Å². The van der Waals surface area contributed by atoms with Gasteiger partial charge in [0.05, 0.1) is 5.60 Å². The van der Waals surface area contributed by atoms with Crippen LogP contribution in [0.2, 0.25) is 0 Å². The van der Waals surface area contributed by atoms with E-state index in [-0.39, 0.29) is 0 Å². The lowest BCUT2D eigenvalue weighted by Crippen LogP contribution is -2.28. The smallest absolute Gasteiger partial charge is 0.107 e. The average molecular weight is 245 g/mol. The predicted octanol–water partition coefficient (Wildman–Crippen LogP) is 2.25. The lowest BCUT2D eigenvalue weighted by Gasteiger charge is -2.24. The summed E-state index contributed by atoms with van der Waals surface area (Å²) in [6, 6.07) is 7.24.